The van der Waals surface area contributed by atoms with Gasteiger partial charge in [0, 0.05) is 26.9 Å². The largest absolute Gasteiger partial charge is 0.456 e. The van der Waals surface area contributed by atoms with Crippen LogP contribution in [-0.4, -0.2) is 10.4 Å². The first-order valence-electron chi connectivity index (χ1n) is 16.6. The van der Waals surface area contributed by atoms with Crippen LogP contribution < -0.4 is 5.32 Å². The zero-order valence-corrected chi connectivity index (χ0v) is 26.2. The summed E-state index contributed by atoms with van der Waals surface area (Å²) < 4.78 is 15.1. The van der Waals surface area contributed by atoms with Gasteiger partial charge in [-0.25, -0.2) is 0 Å². The summed E-state index contributed by atoms with van der Waals surface area (Å²) in [6, 6.07) is 53.0. The van der Waals surface area contributed by atoms with Crippen LogP contribution in [0.2, 0.25) is 0 Å². The third kappa shape index (κ3) is 3.90. The van der Waals surface area contributed by atoms with Crippen molar-refractivity contribution in [1.82, 2.24) is 4.57 Å². The number of furan rings is 2. The number of nitrogens with zero attached hydrogens (tertiary/aromatic N) is 2. The van der Waals surface area contributed by atoms with Crippen LogP contribution in [0.15, 0.2) is 165 Å². The van der Waals surface area contributed by atoms with Crippen molar-refractivity contribution in [3.8, 4) is 11.1 Å². The fourth-order valence-electron chi connectivity index (χ4n) is 7.73. The predicted molar refractivity (Wildman–Crippen MR) is 201 cm³/mol. The van der Waals surface area contributed by atoms with E-state index in [4.69, 9.17) is 13.8 Å². The van der Waals surface area contributed by atoms with Crippen LogP contribution in [-0.2, 0) is 0 Å². The molecule has 0 saturated heterocycles. The Balaban J connectivity index is 1.19. The fraction of sp³-hybridized carbons (Fsp3) is 0.0227. The van der Waals surface area contributed by atoms with Gasteiger partial charge in [-0.2, -0.15) is 4.99 Å². The van der Waals surface area contributed by atoms with Crippen LogP contribution in [0, 0.1) is 0 Å². The lowest BCUT2D eigenvalue weighted by Gasteiger charge is -2.27. The molecule has 1 aliphatic rings. The summed E-state index contributed by atoms with van der Waals surface area (Å²) in [5.74, 6) is 1.43. The van der Waals surface area contributed by atoms with Gasteiger partial charge in [-0.05, 0) is 76.0 Å². The average Bonchev–Trinajstić information content (AvgIpc) is 3.82. The van der Waals surface area contributed by atoms with Crippen molar-refractivity contribution in [3.63, 3.8) is 0 Å². The van der Waals surface area contributed by atoms with Crippen LogP contribution in [0.4, 0.5) is 11.6 Å². The van der Waals surface area contributed by atoms with E-state index in [1.54, 1.807) is 0 Å². The number of hydrogen-bond acceptors (Lipinski definition) is 4. The minimum Gasteiger partial charge on any atom is -0.456 e. The summed E-state index contributed by atoms with van der Waals surface area (Å²) in [6.45, 7) is 0. The third-order valence-corrected chi connectivity index (χ3v) is 10.0. The SMILES string of the molecule is c1ccc(-c2ccc3c4c(oc3c2)N=C(n2c3ccccc3c3cc5ccccc5cc32)C(c2ccc3oc5ccccc5c3c2)N4)cc1. The van der Waals surface area contributed by atoms with Crippen molar-refractivity contribution in [1.29, 1.82) is 0 Å². The number of aliphatic imine (C=N–C) groups is 1. The van der Waals surface area contributed by atoms with E-state index in [1.165, 1.54) is 21.5 Å². The molecule has 49 heavy (non-hydrogen) atoms. The minimum absolute atomic E-state index is 0.286. The normalized spacial score (nSPS) is 14.6. The molecule has 0 amide bonds. The number of hydrogen-bond donors (Lipinski definition) is 1. The van der Waals surface area contributed by atoms with Crippen LogP contribution in [0.1, 0.15) is 11.6 Å². The molecule has 0 fully saturated rings. The number of anilines is 1. The lowest BCUT2D eigenvalue weighted by Crippen LogP contribution is -2.29. The molecule has 11 rings (SSSR count). The molecule has 10 aromatic rings. The number of benzene rings is 7. The molecular weight excluding hydrogens is 603 g/mol. The van der Waals surface area contributed by atoms with Gasteiger partial charge in [0.25, 0.3) is 0 Å². The van der Waals surface area contributed by atoms with Crippen LogP contribution >= 0.6 is 0 Å². The molecule has 1 atom stereocenters. The lowest BCUT2D eigenvalue weighted by atomic mass is 10.00. The number of nitrogens with one attached hydrogen (secondary N) is 1. The maximum atomic E-state index is 6.60. The zero-order chi connectivity index (χ0) is 32.1. The second kappa shape index (κ2) is 9.96. The van der Waals surface area contributed by atoms with Crippen molar-refractivity contribution in [2.75, 3.05) is 5.32 Å². The van der Waals surface area contributed by atoms with Gasteiger partial charge >= 0.3 is 0 Å². The van der Waals surface area contributed by atoms with Crippen molar-refractivity contribution < 1.29 is 8.83 Å². The molecule has 0 aliphatic carbocycles. The van der Waals surface area contributed by atoms with Crippen LogP contribution in [0.25, 0.3) is 76.6 Å². The Morgan fingerprint density at radius 2 is 1.24 bits per heavy atom. The summed E-state index contributed by atoms with van der Waals surface area (Å²) in [5, 5.41) is 11.9. The molecule has 0 saturated carbocycles. The van der Waals surface area contributed by atoms with E-state index in [2.05, 4.69) is 143 Å². The molecule has 1 unspecified atom stereocenters. The van der Waals surface area contributed by atoms with E-state index in [1.807, 2.05) is 18.2 Å². The highest BCUT2D eigenvalue weighted by Gasteiger charge is 2.32. The Hall–Kier alpha value is -6.59. The molecule has 230 valence electrons. The van der Waals surface area contributed by atoms with Gasteiger partial charge < -0.3 is 14.2 Å². The average molecular weight is 630 g/mol. The Bertz CT molecular complexity index is 2980. The molecule has 1 N–H and O–H groups in total. The topological polar surface area (TPSA) is 55.6 Å². The molecule has 4 heterocycles. The molecule has 0 spiro atoms. The van der Waals surface area contributed by atoms with E-state index < -0.39 is 0 Å². The molecule has 0 bridgehead atoms. The smallest absolute Gasteiger partial charge is 0.245 e. The maximum absolute atomic E-state index is 6.60. The second-order valence-electron chi connectivity index (χ2n) is 12.8. The summed E-state index contributed by atoms with van der Waals surface area (Å²) in [6.07, 6.45) is 0. The van der Waals surface area contributed by atoms with Crippen LogP contribution in [0.5, 0.6) is 0 Å². The van der Waals surface area contributed by atoms with Gasteiger partial charge in [0.05, 0.1) is 11.0 Å². The standard InChI is InChI=1S/C44H27N3O2/c1-2-10-26(11-3-1)29-18-20-33-40(25-29)49-44-42(33)45-41(30-19-21-39-35(23-30)32-15-7-9-17-38(32)48-39)43(46-44)47-36-16-8-6-14-31(36)34-22-27-12-4-5-13-28(27)24-37(34)47/h1-25,41,45H. The first-order valence-corrected chi connectivity index (χ1v) is 16.6. The Morgan fingerprint density at radius 1 is 0.490 bits per heavy atom. The van der Waals surface area contributed by atoms with E-state index in [0.717, 1.165) is 72.2 Å². The van der Waals surface area contributed by atoms with Crippen molar-refractivity contribution in [3.05, 3.63) is 157 Å². The highest BCUT2D eigenvalue weighted by Crippen LogP contribution is 2.46. The molecular formula is C44H27N3O2. The Kier molecular flexibility index (Phi) is 5.38. The van der Waals surface area contributed by atoms with E-state index >= 15 is 0 Å². The molecule has 1 aliphatic heterocycles. The Morgan fingerprint density at radius 3 is 2.14 bits per heavy atom. The molecule has 7 aromatic carbocycles. The summed E-state index contributed by atoms with van der Waals surface area (Å²) in [4.78, 5) is 5.42. The van der Waals surface area contributed by atoms with Gasteiger partial charge in [-0.3, -0.25) is 4.57 Å². The highest BCUT2D eigenvalue weighted by molar-refractivity contribution is 6.20. The van der Waals surface area contributed by atoms with Gasteiger partial charge in [-0.15, -0.1) is 0 Å². The van der Waals surface area contributed by atoms with Crippen molar-refractivity contribution >= 4 is 82.9 Å². The van der Waals surface area contributed by atoms with E-state index in [9.17, 15) is 0 Å². The van der Waals surface area contributed by atoms with Crippen LogP contribution in [0.3, 0.4) is 0 Å². The van der Waals surface area contributed by atoms with Gasteiger partial charge in [0.1, 0.15) is 34.3 Å². The number of rotatable bonds is 2. The number of para-hydroxylation sites is 2. The summed E-state index contributed by atoms with van der Waals surface area (Å²) >= 11 is 0. The fourth-order valence-corrected chi connectivity index (χ4v) is 7.73. The third-order valence-electron chi connectivity index (χ3n) is 10.0. The quantitative estimate of drug-likeness (QED) is 0.207. The first kappa shape index (κ1) is 26.5. The molecule has 3 aromatic heterocycles. The Labute approximate surface area is 280 Å². The monoisotopic (exact) mass is 629 g/mol. The molecule has 5 heteroatoms. The van der Waals surface area contributed by atoms with E-state index in [0.29, 0.717) is 5.88 Å². The predicted octanol–water partition coefficient (Wildman–Crippen LogP) is 12.0. The van der Waals surface area contributed by atoms with Gasteiger partial charge in [-0.1, -0.05) is 103 Å². The molecule has 5 nitrogen and oxygen atoms in total. The van der Waals surface area contributed by atoms with E-state index in [-0.39, 0.29) is 6.04 Å². The number of aromatic nitrogens is 1. The lowest BCUT2D eigenvalue weighted by molar-refractivity contribution is 0.622. The maximum Gasteiger partial charge on any atom is 0.245 e. The summed E-state index contributed by atoms with van der Waals surface area (Å²) in [5.41, 5.74) is 8.98. The highest BCUT2D eigenvalue weighted by atomic mass is 16.4. The first-order chi connectivity index (χ1) is 24.3. The minimum atomic E-state index is -0.286. The van der Waals surface area contributed by atoms with Gasteiger partial charge in [0.2, 0.25) is 5.88 Å². The van der Waals surface area contributed by atoms with Gasteiger partial charge in [0.15, 0.2) is 0 Å². The molecule has 0 radical (unpaired) electrons. The number of fused-ring (bicyclic) bond motifs is 10. The summed E-state index contributed by atoms with van der Waals surface area (Å²) in [7, 11) is 0. The second-order valence-corrected chi connectivity index (χ2v) is 12.8. The zero-order valence-electron chi connectivity index (χ0n) is 26.2. The van der Waals surface area contributed by atoms with Crippen molar-refractivity contribution in [2.45, 2.75) is 6.04 Å². The van der Waals surface area contributed by atoms with Crippen molar-refractivity contribution in [2.24, 2.45) is 4.99 Å².